The summed E-state index contributed by atoms with van der Waals surface area (Å²) in [5, 5.41) is 3.50. The van der Waals surface area contributed by atoms with Crippen LogP contribution in [0.5, 0.6) is 11.5 Å². The molecule has 0 bridgehead atoms. The van der Waals surface area contributed by atoms with Gasteiger partial charge in [-0.1, -0.05) is 6.07 Å². The lowest BCUT2D eigenvalue weighted by Gasteiger charge is -2.34. The standard InChI is InChI=1S/C17H25F3N2O2/c1-12(13-4-5-15(23-2)16(10-13)24-3)21-14-6-8-22(9-7-14)11-17(18,19)20/h4-5,10,12,14,21H,6-9,11H2,1-3H3. The van der Waals surface area contributed by atoms with E-state index in [0.717, 1.165) is 5.56 Å². The molecule has 0 saturated carbocycles. The van der Waals surface area contributed by atoms with E-state index in [2.05, 4.69) is 5.32 Å². The molecule has 136 valence electrons. The minimum Gasteiger partial charge on any atom is -0.493 e. The molecule has 0 radical (unpaired) electrons. The molecule has 0 amide bonds. The average molecular weight is 346 g/mol. The fraction of sp³-hybridized carbons (Fsp3) is 0.647. The van der Waals surface area contributed by atoms with Crippen LogP contribution in [0.3, 0.4) is 0 Å². The van der Waals surface area contributed by atoms with Crippen molar-refractivity contribution in [3.63, 3.8) is 0 Å². The Morgan fingerprint density at radius 1 is 1.17 bits per heavy atom. The second kappa shape index (κ2) is 8.07. The van der Waals surface area contributed by atoms with E-state index >= 15 is 0 Å². The largest absolute Gasteiger partial charge is 0.493 e. The second-order valence-electron chi connectivity index (χ2n) is 6.17. The van der Waals surface area contributed by atoms with Crippen molar-refractivity contribution in [2.75, 3.05) is 33.9 Å². The van der Waals surface area contributed by atoms with Gasteiger partial charge in [-0.2, -0.15) is 13.2 Å². The molecule has 1 N–H and O–H groups in total. The number of ether oxygens (including phenoxy) is 2. The molecule has 7 heteroatoms. The Balaban J connectivity index is 1.88. The Kier molecular flexibility index (Phi) is 6.34. The third kappa shape index (κ3) is 5.27. The SMILES string of the molecule is COc1ccc(C(C)NC2CCN(CC(F)(F)F)CC2)cc1OC. The smallest absolute Gasteiger partial charge is 0.401 e. The highest BCUT2D eigenvalue weighted by Crippen LogP contribution is 2.30. The van der Waals surface area contributed by atoms with E-state index in [9.17, 15) is 13.2 Å². The minimum absolute atomic E-state index is 0.0870. The Labute approximate surface area is 140 Å². The van der Waals surface area contributed by atoms with E-state index in [-0.39, 0.29) is 12.1 Å². The predicted molar refractivity (Wildman–Crippen MR) is 86.6 cm³/mol. The van der Waals surface area contributed by atoms with Gasteiger partial charge in [0.2, 0.25) is 0 Å². The van der Waals surface area contributed by atoms with Crippen LogP contribution in [0.2, 0.25) is 0 Å². The van der Waals surface area contributed by atoms with E-state index < -0.39 is 12.7 Å². The molecule has 1 unspecified atom stereocenters. The number of hydrogen-bond donors (Lipinski definition) is 1. The van der Waals surface area contributed by atoms with Gasteiger partial charge >= 0.3 is 6.18 Å². The van der Waals surface area contributed by atoms with Gasteiger partial charge in [-0.3, -0.25) is 4.90 Å². The summed E-state index contributed by atoms with van der Waals surface area (Å²) in [4.78, 5) is 1.47. The molecule has 1 aliphatic heterocycles. The van der Waals surface area contributed by atoms with E-state index in [1.54, 1.807) is 14.2 Å². The molecule has 0 spiro atoms. The van der Waals surface area contributed by atoms with Crippen LogP contribution < -0.4 is 14.8 Å². The molecule has 4 nitrogen and oxygen atoms in total. The molecule has 2 rings (SSSR count). The first kappa shape index (κ1) is 18.9. The third-order valence-corrected chi connectivity index (χ3v) is 4.38. The zero-order chi connectivity index (χ0) is 17.7. The fourth-order valence-electron chi connectivity index (χ4n) is 3.08. The molecule has 1 heterocycles. The quantitative estimate of drug-likeness (QED) is 0.856. The maximum Gasteiger partial charge on any atom is 0.401 e. The number of piperidine rings is 1. The maximum atomic E-state index is 12.4. The molecular formula is C17H25F3N2O2. The number of nitrogens with one attached hydrogen (secondary N) is 1. The summed E-state index contributed by atoms with van der Waals surface area (Å²) in [5.74, 6) is 1.34. The Morgan fingerprint density at radius 2 is 1.79 bits per heavy atom. The number of hydrogen-bond acceptors (Lipinski definition) is 4. The second-order valence-corrected chi connectivity index (χ2v) is 6.17. The van der Waals surface area contributed by atoms with Gasteiger partial charge < -0.3 is 14.8 Å². The zero-order valence-corrected chi connectivity index (χ0v) is 14.3. The molecular weight excluding hydrogens is 321 g/mol. The van der Waals surface area contributed by atoms with Crippen LogP contribution in [-0.2, 0) is 0 Å². The summed E-state index contributed by atoms with van der Waals surface area (Å²) in [6.45, 7) is 2.17. The first-order chi connectivity index (χ1) is 11.3. The maximum absolute atomic E-state index is 12.4. The van der Waals surface area contributed by atoms with Crippen LogP contribution in [-0.4, -0.2) is 51.0 Å². The lowest BCUT2D eigenvalue weighted by molar-refractivity contribution is -0.148. The van der Waals surface area contributed by atoms with Gasteiger partial charge in [0.25, 0.3) is 0 Å². The Hall–Kier alpha value is -1.47. The van der Waals surface area contributed by atoms with Crippen LogP contribution in [0.15, 0.2) is 18.2 Å². The molecule has 1 aliphatic rings. The lowest BCUT2D eigenvalue weighted by Crippen LogP contribution is -2.46. The highest BCUT2D eigenvalue weighted by atomic mass is 19.4. The van der Waals surface area contributed by atoms with Crippen molar-refractivity contribution in [2.45, 2.75) is 38.0 Å². The number of alkyl halides is 3. The van der Waals surface area contributed by atoms with Gasteiger partial charge in [0, 0.05) is 12.1 Å². The van der Waals surface area contributed by atoms with Crippen molar-refractivity contribution in [2.24, 2.45) is 0 Å². The van der Waals surface area contributed by atoms with Crippen LogP contribution in [0, 0.1) is 0 Å². The van der Waals surface area contributed by atoms with Gasteiger partial charge in [-0.05, 0) is 50.6 Å². The van der Waals surface area contributed by atoms with Crippen molar-refractivity contribution in [1.82, 2.24) is 10.2 Å². The van der Waals surface area contributed by atoms with E-state index in [1.165, 1.54) is 4.90 Å². The van der Waals surface area contributed by atoms with Gasteiger partial charge in [0.05, 0.1) is 20.8 Å². The summed E-state index contributed by atoms with van der Waals surface area (Å²) in [5.41, 5.74) is 1.06. The number of halogens is 3. The Bertz CT molecular complexity index is 529. The number of nitrogens with zero attached hydrogens (tertiary/aromatic N) is 1. The van der Waals surface area contributed by atoms with Crippen LogP contribution in [0.25, 0.3) is 0 Å². The lowest BCUT2D eigenvalue weighted by atomic mass is 10.0. The average Bonchev–Trinajstić information content (AvgIpc) is 2.54. The van der Waals surface area contributed by atoms with Crippen molar-refractivity contribution >= 4 is 0 Å². The van der Waals surface area contributed by atoms with Gasteiger partial charge in [-0.25, -0.2) is 0 Å². The fourth-order valence-corrected chi connectivity index (χ4v) is 3.08. The van der Waals surface area contributed by atoms with Crippen LogP contribution in [0.4, 0.5) is 13.2 Å². The summed E-state index contributed by atoms with van der Waals surface area (Å²) in [6.07, 6.45) is -2.69. The van der Waals surface area contributed by atoms with Crippen molar-refractivity contribution in [3.05, 3.63) is 23.8 Å². The number of methoxy groups -OCH3 is 2. The third-order valence-electron chi connectivity index (χ3n) is 4.38. The molecule has 1 aromatic rings. The summed E-state index contributed by atoms with van der Waals surface area (Å²) in [7, 11) is 3.18. The molecule has 24 heavy (non-hydrogen) atoms. The topological polar surface area (TPSA) is 33.7 Å². The summed E-state index contributed by atoms with van der Waals surface area (Å²) >= 11 is 0. The first-order valence-electron chi connectivity index (χ1n) is 8.09. The molecule has 0 aromatic heterocycles. The molecule has 1 saturated heterocycles. The van der Waals surface area contributed by atoms with E-state index in [4.69, 9.17) is 9.47 Å². The van der Waals surface area contributed by atoms with Crippen molar-refractivity contribution in [3.8, 4) is 11.5 Å². The van der Waals surface area contributed by atoms with Crippen molar-refractivity contribution in [1.29, 1.82) is 0 Å². The summed E-state index contributed by atoms with van der Waals surface area (Å²) < 4.78 is 47.8. The molecule has 0 aliphatic carbocycles. The normalized spacial score (nSPS) is 18.4. The summed E-state index contributed by atoms with van der Waals surface area (Å²) in [6, 6.07) is 6.06. The number of benzene rings is 1. The Morgan fingerprint density at radius 3 is 2.33 bits per heavy atom. The van der Waals surface area contributed by atoms with Crippen molar-refractivity contribution < 1.29 is 22.6 Å². The predicted octanol–water partition coefficient (Wildman–Crippen LogP) is 3.38. The molecule has 1 atom stereocenters. The van der Waals surface area contributed by atoms with E-state index in [0.29, 0.717) is 37.4 Å². The van der Waals surface area contributed by atoms with Crippen LogP contribution >= 0.6 is 0 Å². The van der Waals surface area contributed by atoms with Crippen LogP contribution in [0.1, 0.15) is 31.4 Å². The van der Waals surface area contributed by atoms with Gasteiger partial charge in [0.1, 0.15) is 0 Å². The highest BCUT2D eigenvalue weighted by Gasteiger charge is 2.32. The highest BCUT2D eigenvalue weighted by molar-refractivity contribution is 5.43. The molecule has 1 fully saturated rings. The van der Waals surface area contributed by atoms with Gasteiger partial charge in [-0.15, -0.1) is 0 Å². The molecule has 1 aromatic carbocycles. The number of likely N-dealkylation sites (tertiary alicyclic amines) is 1. The first-order valence-corrected chi connectivity index (χ1v) is 8.09. The zero-order valence-electron chi connectivity index (χ0n) is 14.3. The van der Waals surface area contributed by atoms with Gasteiger partial charge in [0.15, 0.2) is 11.5 Å². The monoisotopic (exact) mass is 346 g/mol. The number of rotatable bonds is 6. The van der Waals surface area contributed by atoms with E-state index in [1.807, 2.05) is 25.1 Å². The minimum atomic E-state index is -4.12.